The molecule has 1 aromatic rings. The maximum absolute atomic E-state index is 5.55. The zero-order valence-corrected chi connectivity index (χ0v) is 12.3. The van der Waals surface area contributed by atoms with Crippen LogP contribution >= 0.6 is 0 Å². The highest BCUT2D eigenvalue weighted by Gasteiger charge is 2.23. The molecule has 20 heavy (non-hydrogen) atoms. The smallest absolute Gasteiger partial charge is 0.151 e. The second-order valence-electron chi connectivity index (χ2n) is 6.22. The molecule has 0 atom stereocenters. The van der Waals surface area contributed by atoms with Crippen LogP contribution in [0.15, 0.2) is 10.6 Å². The molecule has 0 aliphatic carbocycles. The maximum atomic E-state index is 5.55. The Balaban J connectivity index is 1.41. The first-order valence-electron chi connectivity index (χ1n) is 7.93. The van der Waals surface area contributed by atoms with E-state index >= 15 is 0 Å². The minimum atomic E-state index is 0.460. The zero-order chi connectivity index (χ0) is 13.8. The van der Waals surface area contributed by atoms with E-state index in [2.05, 4.69) is 15.0 Å². The Hall–Kier alpha value is -0.910. The molecule has 0 amide bonds. The Bertz CT molecular complexity index is 406. The van der Waals surface area contributed by atoms with E-state index in [-0.39, 0.29) is 0 Å². The minimum Gasteiger partial charge on any atom is -0.360 e. The molecule has 2 N–H and O–H groups in total. The highest BCUT2D eigenvalue weighted by Crippen LogP contribution is 2.22. The van der Waals surface area contributed by atoms with E-state index in [1.807, 2.05) is 6.07 Å². The average molecular weight is 278 g/mol. The normalized spacial score (nSPS) is 22.6. The number of nitrogens with two attached hydrogens (primary N) is 1. The van der Waals surface area contributed by atoms with Gasteiger partial charge >= 0.3 is 0 Å². The quantitative estimate of drug-likeness (QED) is 0.883. The topological polar surface area (TPSA) is 58.5 Å². The minimum absolute atomic E-state index is 0.460. The van der Waals surface area contributed by atoms with Gasteiger partial charge in [-0.15, -0.1) is 0 Å². The van der Waals surface area contributed by atoms with Crippen LogP contribution in [0.4, 0.5) is 0 Å². The number of likely N-dealkylation sites (tertiary alicyclic amines) is 2. The van der Waals surface area contributed by atoms with E-state index in [1.165, 1.54) is 58.4 Å². The lowest BCUT2D eigenvalue weighted by Crippen LogP contribution is -2.37. The van der Waals surface area contributed by atoms with Gasteiger partial charge in [-0.1, -0.05) is 5.16 Å². The van der Waals surface area contributed by atoms with E-state index in [0.717, 1.165) is 23.9 Å². The van der Waals surface area contributed by atoms with E-state index in [1.54, 1.807) is 0 Å². The molecule has 112 valence electrons. The van der Waals surface area contributed by atoms with Gasteiger partial charge in [-0.05, 0) is 57.8 Å². The van der Waals surface area contributed by atoms with Gasteiger partial charge in [0.1, 0.15) is 0 Å². The van der Waals surface area contributed by atoms with Crippen LogP contribution in [0.3, 0.4) is 0 Å². The summed E-state index contributed by atoms with van der Waals surface area (Å²) in [5.74, 6) is 1.84. The second kappa shape index (κ2) is 6.70. The molecule has 5 heteroatoms. The Labute approximate surface area is 121 Å². The van der Waals surface area contributed by atoms with Crippen molar-refractivity contribution in [2.75, 3.05) is 32.7 Å². The maximum Gasteiger partial charge on any atom is 0.151 e. The molecular formula is C15H26N4O. The van der Waals surface area contributed by atoms with E-state index < -0.39 is 0 Å². The molecule has 0 spiro atoms. The van der Waals surface area contributed by atoms with Crippen LogP contribution in [-0.4, -0.2) is 47.7 Å². The Morgan fingerprint density at radius 2 is 1.90 bits per heavy atom. The van der Waals surface area contributed by atoms with Crippen molar-refractivity contribution in [1.82, 2.24) is 15.0 Å². The predicted octanol–water partition coefficient (Wildman–Crippen LogP) is 1.44. The summed E-state index contributed by atoms with van der Waals surface area (Å²) in [5.41, 5.74) is 6.40. The van der Waals surface area contributed by atoms with Crippen LogP contribution in [-0.2, 0) is 13.1 Å². The van der Waals surface area contributed by atoms with Crippen molar-refractivity contribution in [1.29, 1.82) is 0 Å². The van der Waals surface area contributed by atoms with Gasteiger partial charge in [0.25, 0.3) is 0 Å². The summed E-state index contributed by atoms with van der Waals surface area (Å²) < 4.78 is 5.31. The fourth-order valence-corrected chi connectivity index (χ4v) is 3.40. The fraction of sp³-hybridized carbons (Fsp3) is 0.800. The first-order valence-corrected chi connectivity index (χ1v) is 7.93. The third-order valence-corrected chi connectivity index (χ3v) is 4.62. The summed E-state index contributed by atoms with van der Waals surface area (Å²) in [6.45, 7) is 7.65. The van der Waals surface area contributed by atoms with E-state index in [0.29, 0.717) is 6.54 Å². The first kappa shape index (κ1) is 14.0. The lowest BCUT2D eigenvalue weighted by Gasteiger charge is -2.33. The van der Waals surface area contributed by atoms with Gasteiger partial charge in [0.05, 0.1) is 12.2 Å². The summed E-state index contributed by atoms with van der Waals surface area (Å²) in [7, 11) is 0. The largest absolute Gasteiger partial charge is 0.360 e. The summed E-state index contributed by atoms with van der Waals surface area (Å²) in [6, 6.07) is 1.98. The SMILES string of the molecule is NCc1cc(CN2CCC(CN3CCCC3)CC2)on1. The summed E-state index contributed by atoms with van der Waals surface area (Å²) in [6.07, 6.45) is 5.42. The molecular weight excluding hydrogens is 252 g/mol. The molecule has 0 radical (unpaired) electrons. The van der Waals surface area contributed by atoms with Crippen LogP contribution in [0.1, 0.15) is 37.1 Å². The standard InChI is InChI=1S/C15H26N4O/c16-10-14-9-15(20-17-14)12-19-7-3-13(4-8-19)11-18-5-1-2-6-18/h9,13H,1-8,10-12,16H2. The Morgan fingerprint density at radius 1 is 1.15 bits per heavy atom. The van der Waals surface area contributed by atoms with Crippen molar-refractivity contribution < 1.29 is 4.52 Å². The molecule has 2 aliphatic heterocycles. The number of piperidine rings is 1. The van der Waals surface area contributed by atoms with Crippen molar-refractivity contribution >= 4 is 0 Å². The molecule has 2 saturated heterocycles. The number of hydrogen-bond acceptors (Lipinski definition) is 5. The van der Waals surface area contributed by atoms with Gasteiger partial charge in [-0.2, -0.15) is 0 Å². The predicted molar refractivity (Wildman–Crippen MR) is 78.1 cm³/mol. The van der Waals surface area contributed by atoms with Crippen molar-refractivity contribution in [3.63, 3.8) is 0 Å². The van der Waals surface area contributed by atoms with Crippen molar-refractivity contribution in [2.24, 2.45) is 11.7 Å². The third-order valence-electron chi connectivity index (χ3n) is 4.62. The van der Waals surface area contributed by atoms with E-state index in [9.17, 15) is 0 Å². The molecule has 5 nitrogen and oxygen atoms in total. The molecule has 3 heterocycles. The lowest BCUT2D eigenvalue weighted by atomic mass is 9.96. The van der Waals surface area contributed by atoms with Gasteiger partial charge in [0, 0.05) is 19.2 Å². The molecule has 0 unspecified atom stereocenters. The van der Waals surface area contributed by atoms with Crippen LogP contribution in [0.2, 0.25) is 0 Å². The summed E-state index contributed by atoms with van der Waals surface area (Å²) >= 11 is 0. The fourth-order valence-electron chi connectivity index (χ4n) is 3.40. The third kappa shape index (κ3) is 3.59. The number of nitrogens with zero attached hydrogens (tertiary/aromatic N) is 3. The zero-order valence-electron chi connectivity index (χ0n) is 12.3. The highest BCUT2D eigenvalue weighted by atomic mass is 16.5. The molecule has 0 saturated carbocycles. The Kier molecular flexibility index (Phi) is 4.70. The first-order chi connectivity index (χ1) is 9.83. The van der Waals surface area contributed by atoms with Gasteiger partial charge in [0.15, 0.2) is 5.76 Å². The average Bonchev–Trinajstić information content (AvgIpc) is 3.12. The monoisotopic (exact) mass is 278 g/mol. The molecule has 0 aromatic carbocycles. The van der Waals surface area contributed by atoms with Gasteiger partial charge < -0.3 is 15.2 Å². The lowest BCUT2D eigenvalue weighted by molar-refractivity contribution is 0.138. The van der Waals surface area contributed by atoms with Crippen LogP contribution < -0.4 is 5.73 Å². The summed E-state index contributed by atoms with van der Waals surface area (Å²) in [4.78, 5) is 5.12. The van der Waals surface area contributed by atoms with Gasteiger partial charge in [-0.25, -0.2) is 0 Å². The van der Waals surface area contributed by atoms with Crippen LogP contribution in [0.25, 0.3) is 0 Å². The highest BCUT2D eigenvalue weighted by molar-refractivity contribution is 5.04. The van der Waals surface area contributed by atoms with Crippen LogP contribution in [0.5, 0.6) is 0 Å². The second-order valence-corrected chi connectivity index (χ2v) is 6.22. The van der Waals surface area contributed by atoms with Crippen molar-refractivity contribution in [3.8, 4) is 0 Å². The summed E-state index contributed by atoms with van der Waals surface area (Å²) in [5, 5.41) is 3.95. The number of hydrogen-bond donors (Lipinski definition) is 1. The molecule has 0 bridgehead atoms. The van der Waals surface area contributed by atoms with Crippen LogP contribution in [0, 0.1) is 5.92 Å². The van der Waals surface area contributed by atoms with E-state index in [4.69, 9.17) is 10.3 Å². The molecule has 2 aliphatic rings. The number of rotatable bonds is 5. The molecule has 2 fully saturated rings. The van der Waals surface area contributed by atoms with Gasteiger partial charge in [-0.3, -0.25) is 4.90 Å². The Morgan fingerprint density at radius 3 is 2.55 bits per heavy atom. The van der Waals surface area contributed by atoms with Crippen molar-refractivity contribution in [2.45, 2.75) is 38.8 Å². The molecule has 1 aromatic heterocycles. The van der Waals surface area contributed by atoms with Gasteiger partial charge in [0.2, 0.25) is 0 Å². The molecule has 3 rings (SSSR count). The number of aromatic nitrogens is 1. The van der Waals surface area contributed by atoms with Crippen molar-refractivity contribution in [3.05, 3.63) is 17.5 Å².